The standard InChI is InChI=1S/C14H18N4O6/c1-16-2-4-17(5-3-16)11-9-12(18(22)23)13(24-7-6-19)8-10(11)14(20)15-21/h8-9,19H,2-7H2,1H3. The Hall–Kier alpha value is -2.59. The highest BCUT2D eigenvalue weighted by molar-refractivity contribution is 6.01. The number of nitroso groups, excluding NO2 is 1. The lowest BCUT2D eigenvalue weighted by Crippen LogP contribution is -2.45. The molecule has 0 bridgehead atoms. The Morgan fingerprint density at radius 3 is 2.58 bits per heavy atom. The normalized spacial score (nSPS) is 15.2. The third-order valence-corrected chi connectivity index (χ3v) is 3.78. The average Bonchev–Trinajstić information content (AvgIpc) is 2.59. The van der Waals surface area contributed by atoms with Gasteiger partial charge in [-0.3, -0.25) is 14.9 Å². The third-order valence-electron chi connectivity index (χ3n) is 3.78. The summed E-state index contributed by atoms with van der Waals surface area (Å²) in [7, 11) is 1.95. The molecule has 0 aromatic heterocycles. The van der Waals surface area contributed by atoms with Crippen LogP contribution < -0.4 is 9.64 Å². The molecule has 1 aromatic rings. The molecule has 1 fully saturated rings. The van der Waals surface area contributed by atoms with E-state index in [1.807, 2.05) is 7.05 Å². The fourth-order valence-corrected chi connectivity index (χ4v) is 2.50. The first kappa shape index (κ1) is 17.8. The molecule has 1 aliphatic heterocycles. The van der Waals surface area contributed by atoms with Crippen LogP contribution in [-0.4, -0.2) is 67.3 Å². The van der Waals surface area contributed by atoms with Crippen LogP contribution in [0.1, 0.15) is 10.4 Å². The minimum atomic E-state index is -1.02. The van der Waals surface area contributed by atoms with Gasteiger partial charge in [-0.1, -0.05) is 0 Å². The maximum atomic E-state index is 11.9. The molecule has 2 rings (SSSR count). The van der Waals surface area contributed by atoms with Crippen molar-refractivity contribution >= 4 is 17.3 Å². The number of carbonyl (C=O) groups is 1. The Morgan fingerprint density at radius 2 is 2.04 bits per heavy atom. The van der Waals surface area contributed by atoms with E-state index in [2.05, 4.69) is 10.1 Å². The Labute approximate surface area is 137 Å². The number of amides is 1. The summed E-state index contributed by atoms with van der Waals surface area (Å²) in [6.45, 7) is 2.05. The summed E-state index contributed by atoms with van der Waals surface area (Å²) in [6.07, 6.45) is 0. The van der Waals surface area contributed by atoms with Crippen LogP contribution in [0.5, 0.6) is 5.75 Å². The SMILES string of the molecule is CN1CCN(c2cc([N+](=O)[O-])c(OCCO)cc2C(=O)N=O)CC1. The molecule has 1 heterocycles. The van der Waals surface area contributed by atoms with E-state index in [-0.39, 0.29) is 35.9 Å². The van der Waals surface area contributed by atoms with Crippen molar-refractivity contribution in [3.05, 3.63) is 32.7 Å². The van der Waals surface area contributed by atoms with E-state index in [4.69, 9.17) is 9.84 Å². The number of ether oxygens (including phenoxy) is 1. The molecular formula is C14H18N4O6. The van der Waals surface area contributed by atoms with Gasteiger partial charge < -0.3 is 19.6 Å². The number of nitro benzene ring substituents is 1. The van der Waals surface area contributed by atoms with Gasteiger partial charge in [0.05, 0.1) is 22.8 Å². The molecule has 10 nitrogen and oxygen atoms in total. The molecule has 130 valence electrons. The van der Waals surface area contributed by atoms with Gasteiger partial charge in [0.25, 0.3) is 0 Å². The quantitative estimate of drug-likeness (QED) is 0.454. The molecule has 0 aliphatic carbocycles. The lowest BCUT2D eigenvalue weighted by Gasteiger charge is -2.34. The van der Waals surface area contributed by atoms with Crippen molar-refractivity contribution in [2.24, 2.45) is 5.18 Å². The second kappa shape index (κ2) is 7.79. The van der Waals surface area contributed by atoms with Gasteiger partial charge in [-0.15, -0.1) is 4.91 Å². The number of anilines is 1. The Balaban J connectivity index is 2.50. The zero-order chi connectivity index (χ0) is 17.7. The average molecular weight is 338 g/mol. The highest BCUT2D eigenvalue weighted by Gasteiger charge is 2.27. The second-order valence-electron chi connectivity index (χ2n) is 5.35. The van der Waals surface area contributed by atoms with Crippen molar-refractivity contribution in [2.45, 2.75) is 0 Å². The van der Waals surface area contributed by atoms with Gasteiger partial charge in [-0.2, -0.15) is 0 Å². The molecule has 0 saturated carbocycles. The number of hydrogen-bond donors (Lipinski definition) is 1. The lowest BCUT2D eigenvalue weighted by molar-refractivity contribution is -0.385. The van der Waals surface area contributed by atoms with Gasteiger partial charge in [0.1, 0.15) is 6.61 Å². The smallest absolute Gasteiger partial charge is 0.319 e. The molecular weight excluding hydrogens is 320 g/mol. The van der Waals surface area contributed by atoms with E-state index in [9.17, 15) is 19.8 Å². The zero-order valence-electron chi connectivity index (χ0n) is 13.2. The monoisotopic (exact) mass is 338 g/mol. The van der Waals surface area contributed by atoms with Gasteiger partial charge in [0, 0.05) is 43.5 Å². The van der Waals surface area contributed by atoms with Gasteiger partial charge in [-0.05, 0) is 7.05 Å². The number of carbonyl (C=O) groups excluding carboxylic acids is 1. The largest absolute Gasteiger partial charge is 0.484 e. The van der Waals surface area contributed by atoms with Gasteiger partial charge in [-0.25, -0.2) is 0 Å². The summed E-state index contributed by atoms with van der Waals surface area (Å²) in [4.78, 5) is 37.1. The fourth-order valence-electron chi connectivity index (χ4n) is 2.50. The lowest BCUT2D eigenvalue weighted by atomic mass is 10.1. The van der Waals surface area contributed by atoms with Crippen molar-refractivity contribution in [1.82, 2.24) is 4.90 Å². The molecule has 0 unspecified atom stereocenters. The molecule has 1 amide bonds. The van der Waals surface area contributed by atoms with Crippen molar-refractivity contribution in [2.75, 3.05) is 51.3 Å². The van der Waals surface area contributed by atoms with Crippen molar-refractivity contribution < 1.29 is 19.6 Å². The van der Waals surface area contributed by atoms with Crippen LogP contribution in [0.4, 0.5) is 11.4 Å². The van der Waals surface area contributed by atoms with Crippen LogP contribution in [0, 0.1) is 15.0 Å². The summed E-state index contributed by atoms with van der Waals surface area (Å²) in [6, 6.07) is 2.36. The molecule has 1 saturated heterocycles. The zero-order valence-corrected chi connectivity index (χ0v) is 13.2. The van der Waals surface area contributed by atoms with E-state index in [1.165, 1.54) is 6.07 Å². The maximum Gasteiger partial charge on any atom is 0.319 e. The summed E-state index contributed by atoms with van der Waals surface area (Å²) in [5.41, 5.74) is -0.0938. The number of likely N-dealkylation sites (N-methyl/N-ethyl adjacent to an activating group) is 1. The first-order valence-electron chi connectivity index (χ1n) is 7.35. The first-order chi connectivity index (χ1) is 11.5. The van der Waals surface area contributed by atoms with E-state index in [0.29, 0.717) is 13.1 Å². The molecule has 1 aliphatic rings. The Bertz CT molecular complexity index is 642. The first-order valence-corrected chi connectivity index (χ1v) is 7.35. The summed E-state index contributed by atoms with van der Waals surface area (Å²) >= 11 is 0. The number of benzene rings is 1. The van der Waals surface area contributed by atoms with Crippen LogP contribution in [0.3, 0.4) is 0 Å². The number of aliphatic hydroxyl groups is 1. The van der Waals surface area contributed by atoms with Crippen molar-refractivity contribution in [1.29, 1.82) is 0 Å². The molecule has 0 spiro atoms. The van der Waals surface area contributed by atoms with E-state index >= 15 is 0 Å². The minimum absolute atomic E-state index is 0.0481. The highest BCUT2D eigenvalue weighted by atomic mass is 16.6. The Morgan fingerprint density at radius 1 is 1.38 bits per heavy atom. The van der Waals surface area contributed by atoms with Gasteiger partial charge in [0.2, 0.25) is 0 Å². The predicted molar refractivity (Wildman–Crippen MR) is 85.5 cm³/mol. The number of hydrogen-bond acceptors (Lipinski definition) is 8. The van der Waals surface area contributed by atoms with Crippen molar-refractivity contribution in [3.63, 3.8) is 0 Å². The summed E-state index contributed by atoms with van der Waals surface area (Å²) in [5.74, 6) is -1.20. The molecule has 24 heavy (non-hydrogen) atoms. The molecule has 1 N–H and O–H groups in total. The van der Waals surface area contributed by atoms with Crippen LogP contribution >= 0.6 is 0 Å². The maximum absolute atomic E-state index is 11.9. The van der Waals surface area contributed by atoms with Crippen LogP contribution in [0.25, 0.3) is 0 Å². The Kier molecular flexibility index (Phi) is 5.77. The van der Waals surface area contributed by atoms with Crippen LogP contribution in [0.15, 0.2) is 17.3 Å². The van der Waals surface area contributed by atoms with Crippen molar-refractivity contribution in [3.8, 4) is 5.75 Å². The highest BCUT2D eigenvalue weighted by Crippen LogP contribution is 2.36. The second-order valence-corrected chi connectivity index (χ2v) is 5.35. The van der Waals surface area contributed by atoms with Crippen LogP contribution in [-0.2, 0) is 0 Å². The fraction of sp³-hybridized carbons (Fsp3) is 0.500. The number of nitro groups is 1. The van der Waals surface area contributed by atoms with E-state index < -0.39 is 10.8 Å². The van der Waals surface area contributed by atoms with Gasteiger partial charge >= 0.3 is 11.6 Å². The van der Waals surface area contributed by atoms with E-state index in [1.54, 1.807) is 4.90 Å². The van der Waals surface area contributed by atoms with Crippen LogP contribution in [0.2, 0.25) is 0 Å². The number of piperazine rings is 1. The topological polar surface area (TPSA) is 126 Å². The summed E-state index contributed by atoms with van der Waals surface area (Å²) in [5, 5.41) is 22.5. The molecule has 0 atom stereocenters. The summed E-state index contributed by atoms with van der Waals surface area (Å²) < 4.78 is 5.13. The minimum Gasteiger partial charge on any atom is -0.484 e. The number of aliphatic hydroxyl groups excluding tert-OH is 1. The van der Waals surface area contributed by atoms with Gasteiger partial charge in [0.15, 0.2) is 5.75 Å². The molecule has 0 radical (unpaired) electrons. The molecule has 10 heteroatoms. The number of nitrogens with zero attached hydrogens (tertiary/aromatic N) is 4. The number of rotatable bonds is 6. The third kappa shape index (κ3) is 3.84. The molecule has 1 aromatic carbocycles. The van der Waals surface area contributed by atoms with E-state index in [0.717, 1.165) is 19.2 Å². The predicted octanol–water partition coefficient (Wildman–Crippen LogP) is 0.624.